The van der Waals surface area contributed by atoms with Crippen molar-refractivity contribution < 1.29 is 4.74 Å². The Bertz CT molecular complexity index is 1400. The molecule has 2 aliphatic rings. The van der Waals surface area contributed by atoms with E-state index in [0.29, 0.717) is 12.4 Å². The minimum Gasteiger partial charge on any atom is -0.480 e. The van der Waals surface area contributed by atoms with E-state index in [1.54, 1.807) is 7.11 Å². The predicted octanol–water partition coefficient (Wildman–Crippen LogP) is 4.88. The highest BCUT2D eigenvalue weighted by atomic mass is 16.5. The van der Waals surface area contributed by atoms with E-state index < -0.39 is 0 Å². The number of aliphatic imine (C=N–C) groups is 1. The molecule has 1 saturated carbocycles. The van der Waals surface area contributed by atoms with Gasteiger partial charge in [0.15, 0.2) is 5.65 Å². The Hall–Kier alpha value is -3.77. The smallest absolute Gasteiger partial charge is 0.232 e. The number of methoxy groups -OCH3 is 1. The molecule has 6 rings (SSSR count). The van der Waals surface area contributed by atoms with Gasteiger partial charge in [-0.25, -0.2) is 9.50 Å². The molecular formula is C27H25N5O. The van der Waals surface area contributed by atoms with Gasteiger partial charge in [0, 0.05) is 40.1 Å². The average molecular weight is 436 g/mol. The SMILES string of the molecule is COc1cc(C2=CCN=C2)c2nc(-c3ccc(C4(N)CCC4)cc3)c(-c3ccccc3)n2n1. The minimum absolute atomic E-state index is 0.184. The van der Waals surface area contributed by atoms with Gasteiger partial charge in [-0.2, -0.15) is 0 Å². The molecule has 0 saturated heterocycles. The van der Waals surface area contributed by atoms with Crippen LogP contribution in [0.1, 0.15) is 30.4 Å². The van der Waals surface area contributed by atoms with Crippen LogP contribution in [0.2, 0.25) is 0 Å². The fourth-order valence-electron chi connectivity index (χ4n) is 4.71. The van der Waals surface area contributed by atoms with Crippen LogP contribution in [0, 0.1) is 0 Å². The highest BCUT2D eigenvalue weighted by Crippen LogP contribution is 2.40. The molecule has 33 heavy (non-hydrogen) atoms. The van der Waals surface area contributed by atoms with Crippen molar-refractivity contribution in [3.63, 3.8) is 0 Å². The molecule has 2 N–H and O–H groups in total. The summed E-state index contributed by atoms with van der Waals surface area (Å²) in [5, 5.41) is 4.77. The van der Waals surface area contributed by atoms with Gasteiger partial charge in [0.1, 0.15) is 5.69 Å². The normalized spacial score (nSPS) is 16.6. The van der Waals surface area contributed by atoms with E-state index in [0.717, 1.165) is 52.1 Å². The molecule has 3 heterocycles. The first-order chi connectivity index (χ1) is 16.2. The molecule has 2 aromatic carbocycles. The maximum absolute atomic E-state index is 6.55. The fourth-order valence-corrected chi connectivity index (χ4v) is 4.71. The molecule has 0 unspecified atom stereocenters. The third-order valence-electron chi connectivity index (χ3n) is 6.76. The van der Waals surface area contributed by atoms with Crippen LogP contribution in [0.25, 0.3) is 33.7 Å². The standard InChI is InChI=1S/C27H25N5O/c1-33-23-16-22(20-12-15-29-17-20)26-30-24(25(32(26)31-23)19-6-3-2-4-7-19)18-8-10-21(11-9-18)27(28)13-5-14-27/h2-4,6-12,16-17H,5,13-15,28H2,1H3. The summed E-state index contributed by atoms with van der Waals surface area (Å²) in [7, 11) is 1.64. The lowest BCUT2D eigenvalue weighted by atomic mass is 9.72. The van der Waals surface area contributed by atoms with Crippen molar-refractivity contribution >= 4 is 17.4 Å². The van der Waals surface area contributed by atoms with Crippen molar-refractivity contribution in [2.75, 3.05) is 13.7 Å². The molecule has 6 heteroatoms. The third kappa shape index (κ3) is 3.26. The van der Waals surface area contributed by atoms with Crippen molar-refractivity contribution in [2.45, 2.75) is 24.8 Å². The van der Waals surface area contributed by atoms with Crippen LogP contribution < -0.4 is 10.5 Å². The summed E-state index contributed by atoms with van der Waals surface area (Å²) in [5.74, 6) is 0.533. The zero-order valence-electron chi connectivity index (χ0n) is 18.5. The van der Waals surface area contributed by atoms with E-state index in [2.05, 4.69) is 47.5 Å². The molecule has 4 aromatic rings. The predicted molar refractivity (Wildman–Crippen MR) is 131 cm³/mol. The third-order valence-corrected chi connectivity index (χ3v) is 6.76. The molecule has 1 aliphatic carbocycles. The molecule has 0 radical (unpaired) electrons. The minimum atomic E-state index is -0.184. The van der Waals surface area contributed by atoms with E-state index in [-0.39, 0.29) is 5.54 Å². The molecular weight excluding hydrogens is 410 g/mol. The van der Waals surface area contributed by atoms with Gasteiger partial charge in [0.2, 0.25) is 5.88 Å². The fraction of sp³-hybridized carbons (Fsp3) is 0.222. The molecule has 6 nitrogen and oxygen atoms in total. The first kappa shape index (κ1) is 19.9. The van der Waals surface area contributed by atoms with Gasteiger partial charge in [0.25, 0.3) is 0 Å². The van der Waals surface area contributed by atoms with Gasteiger partial charge in [-0.1, -0.05) is 60.7 Å². The molecule has 164 valence electrons. The number of nitrogens with zero attached hydrogens (tertiary/aromatic N) is 4. The Morgan fingerprint density at radius 3 is 2.42 bits per heavy atom. The van der Waals surface area contributed by atoms with Gasteiger partial charge in [0.05, 0.1) is 19.3 Å². The number of fused-ring (bicyclic) bond motifs is 1. The maximum atomic E-state index is 6.55. The van der Waals surface area contributed by atoms with E-state index in [1.807, 2.05) is 35.0 Å². The molecule has 0 amide bonds. The number of aromatic nitrogens is 3. The van der Waals surface area contributed by atoms with E-state index >= 15 is 0 Å². The van der Waals surface area contributed by atoms with Crippen molar-refractivity contribution in [2.24, 2.45) is 10.7 Å². The number of rotatable bonds is 5. The Balaban J connectivity index is 1.59. The van der Waals surface area contributed by atoms with Crippen molar-refractivity contribution in [3.8, 4) is 28.4 Å². The average Bonchev–Trinajstić information content (AvgIpc) is 3.51. The van der Waals surface area contributed by atoms with Crippen LogP contribution in [0.15, 0.2) is 71.7 Å². The summed E-state index contributed by atoms with van der Waals surface area (Å²) in [5.41, 5.74) is 14.2. The van der Waals surface area contributed by atoms with Crippen LogP contribution in [0.3, 0.4) is 0 Å². The number of hydrogen-bond acceptors (Lipinski definition) is 5. The summed E-state index contributed by atoms with van der Waals surface area (Å²) < 4.78 is 7.45. The highest BCUT2D eigenvalue weighted by Gasteiger charge is 2.34. The Morgan fingerprint density at radius 2 is 1.79 bits per heavy atom. The number of ether oxygens (including phenoxy) is 1. The summed E-state index contributed by atoms with van der Waals surface area (Å²) in [6.45, 7) is 0.674. The largest absolute Gasteiger partial charge is 0.480 e. The van der Waals surface area contributed by atoms with Crippen molar-refractivity contribution in [1.29, 1.82) is 0 Å². The van der Waals surface area contributed by atoms with Gasteiger partial charge >= 0.3 is 0 Å². The van der Waals surface area contributed by atoms with Gasteiger partial charge in [-0.15, -0.1) is 5.10 Å². The molecule has 0 spiro atoms. The van der Waals surface area contributed by atoms with E-state index in [4.69, 9.17) is 20.6 Å². The molecule has 1 fully saturated rings. The molecule has 1 aliphatic heterocycles. The van der Waals surface area contributed by atoms with Gasteiger partial charge < -0.3 is 10.5 Å². The number of benzene rings is 2. The first-order valence-corrected chi connectivity index (χ1v) is 11.3. The maximum Gasteiger partial charge on any atom is 0.232 e. The summed E-state index contributed by atoms with van der Waals surface area (Å²) in [6.07, 6.45) is 7.26. The van der Waals surface area contributed by atoms with E-state index in [9.17, 15) is 0 Å². The van der Waals surface area contributed by atoms with Gasteiger partial charge in [-0.05, 0) is 24.8 Å². The quantitative estimate of drug-likeness (QED) is 0.485. The van der Waals surface area contributed by atoms with Crippen LogP contribution >= 0.6 is 0 Å². The topological polar surface area (TPSA) is 77.8 Å². The zero-order valence-corrected chi connectivity index (χ0v) is 18.5. The Labute approximate surface area is 192 Å². The summed E-state index contributed by atoms with van der Waals surface area (Å²) >= 11 is 0. The lowest BCUT2D eigenvalue weighted by Crippen LogP contribution is -2.43. The molecule has 0 atom stereocenters. The number of allylic oxidation sites excluding steroid dienone is 1. The summed E-state index contributed by atoms with van der Waals surface area (Å²) in [4.78, 5) is 9.48. The summed E-state index contributed by atoms with van der Waals surface area (Å²) in [6, 6.07) is 20.7. The van der Waals surface area contributed by atoms with Crippen molar-refractivity contribution in [3.05, 3.63) is 77.9 Å². The number of imidazole rings is 1. The number of nitrogens with two attached hydrogens (primary N) is 1. The first-order valence-electron chi connectivity index (χ1n) is 11.3. The van der Waals surface area contributed by atoms with Gasteiger partial charge in [-0.3, -0.25) is 4.99 Å². The zero-order chi connectivity index (χ0) is 22.4. The highest BCUT2D eigenvalue weighted by molar-refractivity contribution is 6.14. The molecule has 2 aromatic heterocycles. The van der Waals surface area contributed by atoms with Crippen LogP contribution in [0.5, 0.6) is 5.88 Å². The van der Waals surface area contributed by atoms with Crippen LogP contribution in [0.4, 0.5) is 0 Å². The lowest BCUT2D eigenvalue weighted by molar-refractivity contribution is 0.253. The lowest BCUT2D eigenvalue weighted by Gasteiger charge is -2.38. The van der Waals surface area contributed by atoms with Crippen LogP contribution in [-0.2, 0) is 5.54 Å². The Kier molecular flexibility index (Phi) is 4.62. The Morgan fingerprint density at radius 1 is 1.00 bits per heavy atom. The van der Waals surface area contributed by atoms with Crippen molar-refractivity contribution in [1.82, 2.24) is 14.6 Å². The second-order valence-electron chi connectivity index (χ2n) is 8.75. The second kappa shape index (κ2) is 7.67. The number of hydrogen-bond donors (Lipinski definition) is 1. The second-order valence-corrected chi connectivity index (χ2v) is 8.75. The van der Waals surface area contributed by atoms with E-state index in [1.165, 1.54) is 12.0 Å². The monoisotopic (exact) mass is 435 g/mol. The molecule has 0 bridgehead atoms. The van der Waals surface area contributed by atoms with Crippen LogP contribution in [-0.4, -0.2) is 34.5 Å².